The van der Waals surface area contributed by atoms with Crippen LogP contribution in [0.2, 0.25) is 0 Å². The van der Waals surface area contributed by atoms with Gasteiger partial charge in [-0.3, -0.25) is 0 Å². The van der Waals surface area contributed by atoms with Gasteiger partial charge in [-0.15, -0.1) is 0 Å². The van der Waals surface area contributed by atoms with E-state index in [0.717, 1.165) is 38.5 Å². The van der Waals surface area contributed by atoms with Crippen molar-refractivity contribution in [1.29, 1.82) is 0 Å². The van der Waals surface area contributed by atoms with Gasteiger partial charge in [-0.25, -0.2) is 4.79 Å². The van der Waals surface area contributed by atoms with Crippen LogP contribution in [0.5, 0.6) is 0 Å². The van der Waals surface area contributed by atoms with E-state index in [0.29, 0.717) is 12.8 Å². The van der Waals surface area contributed by atoms with Crippen LogP contribution in [0.4, 0.5) is 0 Å². The first-order valence-corrected chi connectivity index (χ1v) is 8.15. The molecule has 0 radical (unpaired) electrons. The monoisotopic (exact) mass is 310 g/mol. The Kier molecular flexibility index (Phi) is 13.6. The molecule has 0 amide bonds. The first kappa shape index (κ1) is 20.6. The van der Waals surface area contributed by atoms with Gasteiger partial charge in [0.15, 0.2) is 6.10 Å². The maximum atomic E-state index is 10.4. The normalized spacial score (nSPS) is 15.0. The van der Waals surface area contributed by atoms with Crippen LogP contribution in [0.25, 0.3) is 0 Å². The molecule has 4 heteroatoms. The van der Waals surface area contributed by atoms with E-state index < -0.39 is 18.2 Å². The molecular formula is C18H30O4. The number of unbranched alkanes of at least 4 members (excludes halogenated alkanes) is 4. The Hall–Kier alpha value is -1.39. The van der Waals surface area contributed by atoms with Gasteiger partial charge in [-0.05, 0) is 32.1 Å². The standard InChI is InChI=1S/C18H30O4/c1-2-3-10-13-16(19)14-11-8-6-4-5-7-9-12-15-17(20)18(21)22/h3,6,8,10-11,14,16-17,19-20H,2,4-5,7,9,12-13,15H2,1H3,(H,21,22). The second-order valence-corrected chi connectivity index (χ2v) is 5.34. The highest BCUT2D eigenvalue weighted by Crippen LogP contribution is 2.08. The van der Waals surface area contributed by atoms with E-state index in [9.17, 15) is 9.90 Å². The average molecular weight is 310 g/mol. The zero-order chi connectivity index (χ0) is 16.6. The van der Waals surface area contributed by atoms with E-state index in [1.807, 2.05) is 24.3 Å². The number of aliphatic hydroxyl groups excluding tert-OH is 2. The summed E-state index contributed by atoms with van der Waals surface area (Å²) in [4.78, 5) is 10.4. The molecule has 22 heavy (non-hydrogen) atoms. The molecule has 3 N–H and O–H groups in total. The van der Waals surface area contributed by atoms with E-state index in [4.69, 9.17) is 10.2 Å². The summed E-state index contributed by atoms with van der Waals surface area (Å²) in [6, 6.07) is 0. The van der Waals surface area contributed by atoms with Crippen molar-refractivity contribution in [2.45, 2.75) is 70.5 Å². The number of aliphatic hydroxyl groups is 2. The van der Waals surface area contributed by atoms with Gasteiger partial charge in [-0.1, -0.05) is 62.6 Å². The molecule has 0 aliphatic rings. The SMILES string of the molecule is CCC=CCC(O)C=CC=CCCCCCCC(O)C(=O)O. The molecule has 0 aromatic carbocycles. The number of hydrogen-bond acceptors (Lipinski definition) is 3. The Labute approximate surface area is 133 Å². The Morgan fingerprint density at radius 3 is 2.41 bits per heavy atom. The zero-order valence-electron chi connectivity index (χ0n) is 13.5. The molecule has 0 aliphatic carbocycles. The molecule has 0 aliphatic heterocycles. The number of hydrogen-bond donors (Lipinski definition) is 3. The van der Waals surface area contributed by atoms with Gasteiger partial charge in [0, 0.05) is 0 Å². The first-order valence-electron chi connectivity index (χ1n) is 8.15. The Balaban J connectivity index is 3.51. The lowest BCUT2D eigenvalue weighted by molar-refractivity contribution is -0.146. The maximum absolute atomic E-state index is 10.4. The van der Waals surface area contributed by atoms with Crippen molar-refractivity contribution >= 4 is 5.97 Å². The van der Waals surface area contributed by atoms with Crippen molar-refractivity contribution in [2.75, 3.05) is 0 Å². The fourth-order valence-corrected chi connectivity index (χ4v) is 1.92. The van der Waals surface area contributed by atoms with Gasteiger partial charge < -0.3 is 15.3 Å². The van der Waals surface area contributed by atoms with Crippen LogP contribution in [0.15, 0.2) is 36.5 Å². The second kappa shape index (κ2) is 14.5. The number of rotatable bonds is 13. The third-order valence-electron chi connectivity index (χ3n) is 3.24. The molecule has 2 unspecified atom stereocenters. The Morgan fingerprint density at radius 2 is 1.73 bits per heavy atom. The molecule has 0 saturated heterocycles. The number of allylic oxidation sites excluding steroid dienone is 4. The molecule has 0 rings (SSSR count). The van der Waals surface area contributed by atoms with E-state index in [2.05, 4.69) is 13.0 Å². The number of carbonyl (C=O) groups is 1. The summed E-state index contributed by atoms with van der Waals surface area (Å²) in [7, 11) is 0. The molecular weight excluding hydrogens is 280 g/mol. The summed E-state index contributed by atoms with van der Waals surface area (Å²) < 4.78 is 0. The third-order valence-corrected chi connectivity index (χ3v) is 3.24. The quantitative estimate of drug-likeness (QED) is 0.276. The van der Waals surface area contributed by atoms with Crippen molar-refractivity contribution in [2.24, 2.45) is 0 Å². The van der Waals surface area contributed by atoms with Gasteiger partial charge in [0.1, 0.15) is 0 Å². The molecule has 126 valence electrons. The summed E-state index contributed by atoms with van der Waals surface area (Å²) in [5.74, 6) is -1.14. The lowest BCUT2D eigenvalue weighted by Gasteiger charge is -2.04. The maximum Gasteiger partial charge on any atom is 0.332 e. The average Bonchev–Trinajstić information content (AvgIpc) is 2.49. The number of carboxylic acids is 1. The predicted octanol–water partition coefficient (Wildman–Crippen LogP) is 3.60. The van der Waals surface area contributed by atoms with Crippen LogP contribution < -0.4 is 0 Å². The van der Waals surface area contributed by atoms with Crippen molar-refractivity contribution in [3.05, 3.63) is 36.5 Å². The van der Waals surface area contributed by atoms with Gasteiger partial charge in [0.25, 0.3) is 0 Å². The van der Waals surface area contributed by atoms with Crippen LogP contribution in [0.3, 0.4) is 0 Å². The predicted molar refractivity (Wildman–Crippen MR) is 89.7 cm³/mol. The highest BCUT2D eigenvalue weighted by molar-refractivity contribution is 5.71. The van der Waals surface area contributed by atoms with Crippen LogP contribution in [-0.4, -0.2) is 33.5 Å². The molecule has 0 spiro atoms. The van der Waals surface area contributed by atoms with E-state index in [1.165, 1.54) is 0 Å². The van der Waals surface area contributed by atoms with Crippen LogP contribution in [-0.2, 0) is 4.79 Å². The van der Waals surface area contributed by atoms with E-state index >= 15 is 0 Å². The van der Waals surface area contributed by atoms with Gasteiger partial charge in [0.2, 0.25) is 0 Å². The highest BCUT2D eigenvalue weighted by Gasteiger charge is 2.11. The molecule has 0 heterocycles. The fourth-order valence-electron chi connectivity index (χ4n) is 1.92. The van der Waals surface area contributed by atoms with Gasteiger partial charge in [-0.2, -0.15) is 0 Å². The highest BCUT2D eigenvalue weighted by atomic mass is 16.4. The molecule has 0 aromatic heterocycles. The fraction of sp³-hybridized carbons (Fsp3) is 0.611. The minimum atomic E-state index is -1.22. The van der Waals surface area contributed by atoms with E-state index in [1.54, 1.807) is 6.08 Å². The third kappa shape index (κ3) is 13.6. The van der Waals surface area contributed by atoms with Crippen molar-refractivity contribution < 1.29 is 20.1 Å². The largest absolute Gasteiger partial charge is 0.479 e. The van der Waals surface area contributed by atoms with Crippen LogP contribution in [0.1, 0.15) is 58.3 Å². The summed E-state index contributed by atoms with van der Waals surface area (Å²) >= 11 is 0. The summed E-state index contributed by atoms with van der Waals surface area (Å²) in [5.41, 5.74) is 0. The van der Waals surface area contributed by atoms with Crippen LogP contribution in [0, 0.1) is 0 Å². The van der Waals surface area contributed by atoms with Crippen molar-refractivity contribution in [3.63, 3.8) is 0 Å². The molecule has 0 saturated carbocycles. The molecule has 0 fully saturated rings. The molecule has 0 aromatic rings. The molecule has 0 bridgehead atoms. The minimum Gasteiger partial charge on any atom is -0.479 e. The lowest BCUT2D eigenvalue weighted by Crippen LogP contribution is -2.18. The van der Waals surface area contributed by atoms with Gasteiger partial charge in [0.05, 0.1) is 6.10 Å². The Bertz CT molecular complexity index is 358. The second-order valence-electron chi connectivity index (χ2n) is 5.34. The smallest absolute Gasteiger partial charge is 0.332 e. The summed E-state index contributed by atoms with van der Waals surface area (Å²) in [5, 5.41) is 27.2. The lowest BCUT2D eigenvalue weighted by atomic mass is 10.1. The summed E-state index contributed by atoms with van der Waals surface area (Å²) in [6.45, 7) is 2.07. The van der Waals surface area contributed by atoms with Gasteiger partial charge >= 0.3 is 5.97 Å². The van der Waals surface area contributed by atoms with Crippen molar-refractivity contribution in [3.8, 4) is 0 Å². The van der Waals surface area contributed by atoms with Crippen LogP contribution >= 0.6 is 0 Å². The van der Waals surface area contributed by atoms with E-state index in [-0.39, 0.29) is 0 Å². The number of aliphatic carboxylic acids is 1. The first-order chi connectivity index (χ1) is 10.6. The topological polar surface area (TPSA) is 77.8 Å². The molecule has 4 nitrogen and oxygen atoms in total. The van der Waals surface area contributed by atoms with Crippen molar-refractivity contribution in [1.82, 2.24) is 0 Å². The number of carboxylic acid groups (broad SMARTS) is 1. The summed E-state index contributed by atoms with van der Waals surface area (Å²) in [6.07, 6.45) is 16.8. The minimum absolute atomic E-state index is 0.332. The Morgan fingerprint density at radius 1 is 1.00 bits per heavy atom. The molecule has 2 atom stereocenters. The zero-order valence-corrected chi connectivity index (χ0v) is 13.5.